The average molecular weight is 306 g/mol. The molecule has 0 unspecified atom stereocenters. The van der Waals surface area contributed by atoms with E-state index in [1.54, 1.807) is 11.8 Å². The van der Waals surface area contributed by atoms with Crippen molar-refractivity contribution in [2.75, 3.05) is 19.7 Å². The van der Waals surface area contributed by atoms with Crippen molar-refractivity contribution in [3.63, 3.8) is 0 Å². The number of urea groups is 1. The van der Waals surface area contributed by atoms with Crippen LogP contribution >= 0.6 is 0 Å². The van der Waals surface area contributed by atoms with E-state index in [0.29, 0.717) is 19.7 Å². The second kappa shape index (κ2) is 7.49. The summed E-state index contributed by atoms with van der Waals surface area (Å²) in [4.78, 5) is 13.9. The highest BCUT2D eigenvalue weighted by Gasteiger charge is 2.29. The van der Waals surface area contributed by atoms with Gasteiger partial charge in [-0.05, 0) is 38.8 Å². The van der Waals surface area contributed by atoms with E-state index in [1.807, 2.05) is 38.1 Å². The number of aliphatic hydroxyl groups is 1. The van der Waals surface area contributed by atoms with Crippen LogP contribution in [0.4, 0.5) is 4.79 Å². The van der Waals surface area contributed by atoms with E-state index in [1.165, 1.54) is 0 Å². The summed E-state index contributed by atoms with van der Waals surface area (Å²) in [6, 6.07) is 7.68. The highest BCUT2D eigenvalue weighted by Crippen LogP contribution is 2.20. The van der Waals surface area contributed by atoms with Crippen LogP contribution in [0.1, 0.15) is 25.8 Å². The third-order valence-electron chi connectivity index (χ3n) is 4.15. The Morgan fingerprint density at radius 2 is 2.18 bits per heavy atom. The van der Waals surface area contributed by atoms with Gasteiger partial charge >= 0.3 is 6.03 Å². The first-order valence-corrected chi connectivity index (χ1v) is 7.89. The number of hydrogen-bond donors (Lipinski definition) is 2. The molecule has 2 N–H and O–H groups in total. The molecule has 3 atom stereocenters. The van der Waals surface area contributed by atoms with Crippen LogP contribution in [0, 0.1) is 12.8 Å². The zero-order valence-electron chi connectivity index (χ0n) is 13.6. The van der Waals surface area contributed by atoms with E-state index in [0.717, 1.165) is 17.7 Å². The molecule has 5 heteroatoms. The summed E-state index contributed by atoms with van der Waals surface area (Å²) >= 11 is 0. The number of nitrogens with one attached hydrogen (secondary N) is 1. The molecule has 1 aliphatic heterocycles. The number of amides is 2. The SMILES string of the molecule is Cc1ccccc1OC[C@H](C)NC(=O)N1CC[C@H]([C@H](C)O)C1. The number of nitrogens with zero attached hydrogens (tertiary/aromatic N) is 1. The van der Waals surface area contributed by atoms with Crippen molar-refractivity contribution < 1.29 is 14.6 Å². The molecule has 1 aromatic carbocycles. The smallest absolute Gasteiger partial charge is 0.317 e. The molecule has 2 amide bonds. The second-order valence-electron chi connectivity index (χ2n) is 6.16. The van der Waals surface area contributed by atoms with E-state index < -0.39 is 0 Å². The van der Waals surface area contributed by atoms with Gasteiger partial charge < -0.3 is 20.1 Å². The Morgan fingerprint density at radius 1 is 1.45 bits per heavy atom. The maximum atomic E-state index is 12.2. The normalized spacial score (nSPS) is 20.5. The summed E-state index contributed by atoms with van der Waals surface area (Å²) < 4.78 is 5.75. The summed E-state index contributed by atoms with van der Waals surface area (Å²) in [7, 11) is 0. The van der Waals surface area contributed by atoms with Crippen LogP contribution < -0.4 is 10.1 Å². The Kier molecular flexibility index (Phi) is 5.66. The molecule has 1 heterocycles. The molecular weight excluding hydrogens is 280 g/mol. The van der Waals surface area contributed by atoms with Crippen LogP contribution in [-0.2, 0) is 0 Å². The molecule has 1 aliphatic rings. The minimum Gasteiger partial charge on any atom is -0.491 e. The van der Waals surface area contributed by atoms with Gasteiger partial charge in [-0.1, -0.05) is 18.2 Å². The number of para-hydroxylation sites is 1. The molecule has 1 aromatic rings. The van der Waals surface area contributed by atoms with Crippen LogP contribution in [0.15, 0.2) is 24.3 Å². The van der Waals surface area contributed by atoms with Gasteiger partial charge in [0, 0.05) is 19.0 Å². The number of benzene rings is 1. The molecule has 5 nitrogen and oxygen atoms in total. The molecule has 0 aliphatic carbocycles. The highest BCUT2D eigenvalue weighted by molar-refractivity contribution is 5.74. The van der Waals surface area contributed by atoms with Gasteiger partial charge in [-0.2, -0.15) is 0 Å². The molecule has 0 aromatic heterocycles. The number of aryl methyl sites for hydroxylation is 1. The number of aliphatic hydroxyl groups excluding tert-OH is 1. The standard InChI is InChI=1S/C17H26N2O3/c1-12-6-4-5-7-16(12)22-11-13(2)18-17(21)19-9-8-15(10-19)14(3)20/h4-7,13-15,20H,8-11H2,1-3H3,(H,18,21)/t13-,14-,15-/m0/s1. The molecule has 1 fully saturated rings. The van der Waals surface area contributed by atoms with Crippen molar-refractivity contribution in [1.29, 1.82) is 0 Å². The van der Waals surface area contributed by atoms with Gasteiger partial charge in [0.25, 0.3) is 0 Å². The number of ether oxygens (including phenoxy) is 1. The monoisotopic (exact) mass is 306 g/mol. The number of likely N-dealkylation sites (tertiary alicyclic amines) is 1. The number of carbonyl (C=O) groups excluding carboxylic acids is 1. The first-order chi connectivity index (χ1) is 10.5. The van der Waals surface area contributed by atoms with Gasteiger partial charge in [0.1, 0.15) is 12.4 Å². The van der Waals surface area contributed by atoms with E-state index in [2.05, 4.69) is 5.32 Å². The van der Waals surface area contributed by atoms with Gasteiger partial charge in [0.2, 0.25) is 0 Å². The van der Waals surface area contributed by atoms with Crippen molar-refractivity contribution >= 4 is 6.03 Å². The second-order valence-corrected chi connectivity index (χ2v) is 6.16. The summed E-state index contributed by atoms with van der Waals surface area (Å²) in [6.45, 7) is 7.47. The summed E-state index contributed by atoms with van der Waals surface area (Å²) in [5, 5.41) is 12.5. The Morgan fingerprint density at radius 3 is 2.82 bits per heavy atom. The third kappa shape index (κ3) is 4.37. The summed E-state index contributed by atoms with van der Waals surface area (Å²) in [6.07, 6.45) is 0.499. The highest BCUT2D eigenvalue weighted by atomic mass is 16.5. The molecule has 0 saturated carbocycles. The van der Waals surface area contributed by atoms with Gasteiger partial charge in [0.05, 0.1) is 12.1 Å². The van der Waals surface area contributed by atoms with E-state index in [4.69, 9.17) is 4.74 Å². The van der Waals surface area contributed by atoms with Gasteiger partial charge in [-0.15, -0.1) is 0 Å². The molecule has 2 rings (SSSR count). The predicted molar refractivity (Wildman–Crippen MR) is 86.0 cm³/mol. The van der Waals surface area contributed by atoms with E-state index >= 15 is 0 Å². The van der Waals surface area contributed by atoms with Crippen molar-refractivity contribution in [1.82, 2.24) is 10.2 Å². The lowest BCUT2D eigenvalue weighted by molar-refractivity contribution is 0.128. The van der Waals surface area contributed by atoms with Crippen molar-refractivity contribution in [3.05, 3.63) is 29.8 Å². The number of carbonyl (C=O) groups is 1. The third-order valence-corrected chi connectivity index (χ3v) is 4.15. The van der Waals surface area contributed by atoms with Crippen molar-refractivity contribution in [2.24, 2.45) is 5.92 Å². The summed E-state index contributed by atoms with van der Waals surface area (Å²) in [5.74, 6) is 1.03. The first-order valence-electron chi connectivity index (χ1n) is 7.89. The lowest BCUT2D eigenvalue weighted by Crippen LogP contribution is -2.45. The van der Waals surface area contributed by atoms with E-state index in [9.17, 15) is 9.90 Å². The van der Waals surface area contributed by atoms with Crippen LogP contribution in [0.2, 0.25) is 0 Å². The minimum absolute atomic E-state index is 0.0716. The largest absolute Gasteiger partial charge is 0.491 e. The Hall–Kier alpha value is -1.75. The quantitative estimate of drug-likeness (QED) is 0.876. The molecular formula is C17H26N2O3. The molecule has 22 heavy (non-hydrogen) atoms. The molecule has 0 spiro atoms. The zero-order chi connectivity index (χ0) is 16.1. The lowest BCUT2D eigenvalue weighted by atomic mass is 10.0. The predicted octanol–water partition coefficient (Wildman–Crippen LogP) is 2.17. The first kappa shape index (κ1) is 16.6. The fourth-order valence-corrected chi connectivity index (χ4v) is 2.64. The van der Waals surface area contributed by atoms with Crippen LogP contribution in [0.5, 0.6) is 5.75 Å². The maximum absolute atomic E-state index is 12.2. The van der Waals surface area contributed by atoms with Crippen LogP contribution in [-0.4, -0.2) is 47.9 Å². The van der Waals surface area contributed by atoms with Crippen molar-refractivity contribution in [2.45, 2.75) is 39.3 Å². The number of hydrogen-bond acceptors (Lipinski definition) is 3. The summed E-state index contributed by atoms with van der Waals surface area (Å²) in [5.41, 5.74) is 1.08. The van der Waals surface area contributed by atoms with Gasteiger partial charge in [0.15, 0.2) is 0 Å². The lowest BCUT2D eigenvalue weighted by Gasteiger charge is -2.22. The molecule has 1 saturated heterocycles. The molecule has 0 bridgehead atoms. The van der Waals surface area contributed by atoms with E-state index in [-0.39, 0.29) is 24.1 Å². The zero-order valence-corrected chi connectivity index (χ0v) is 13.6. The Balaban J connectivity index is 1.76. The fourth-order valence-electron chi connectivity index (χ4n) is 2.64. The Bertz CT molecular complexity index is 504. The topological polar surface area (TPSA) is 61.8 Å². The fraction of sp³-hybridized carbons (Fsp3) is 0.588. The number of rotatable bonds is 5. The van der Waals surface area contributed by atoms with Crippen LogP contribution in [0.3, 0.4) is 0 Å². The van der Waals surface area contributed by atoms with Crippen molar-refractivity contribution in [3.8, 4) is 5.75 Å². The van der Waals surface area contributed by atoms with Crippen LogP contribution in [0.25, 0.3) is 0 Å². The van der Waals surface area contributed by atoms with Gasteiger partial charge in [-0.3, -0.25) is 0 Å². The van der Waals surface area contributed by atoms with Gasteiger partial charge in [-0.25, -0.2) is 4.79 Å². The Labute approximate surface area is 132 Å². The average Bonchev–Trinajstić information content (AvgIpc) is 2.96. The molecule has 0 radical (unpaired) electrons. The maximum Gasteiger partial charge on any atom is 0.317 e. The molecule has 122 valence electrons. The minimum atomic E-state index is -0.361.